The maximum atomic E-state index is 10.5. The number of hydrogen-bond donors (Lipinski definition) is 0. The summed E-state index contributed by atoms with van der Waals surface area (Å²) >= 11 is 7.68. The second-order valence-electron chi connectivity index (χ2n) is 2.29. The molecule has 64 valence electrons. The minimum Gasteiger partial charge on any atom is -0.258 e. The van der Waals surface area contributed by atoms with Gasteiger partial charge in [0.15, 0.2) is 0 Å². The summed E-state index contributed by atoms with van der Waals surface area (Å²) in [7, 11) is 0. The standard InChI is InChI=1S/C7H5ClINO2/c1-4-6(9)2-5(8)3-7(4)10(11)12/h2-3H,1H3. The Labute approximate surface area is 88.0 Å². The summed E-state index contributed by atoms with van der Waals surface area (Å²) in [6, 6.07) is 3.06. The summed E-state index contributed by atoms with van der Waals surface area (Å²) in [5.41, 5.74) is 0.733. The number of nitrogens with zero attached hydrogens (tertiary/aromatic N) is 1. The number of benzene rings is 1. The molecule has 0 spiro atoms. The summed E-state index contributed by atoms with van der Waals surface area (Å²) in [6.45, 7) is 1.70. The van der Waals surface area contributed by atoms with E-state index in [1.165, 1.54) is 6.07 Å². The Morgan fingerprint density at radius 2 is 2.17 bits per heavy atom. The molecule has 0 saturated carbocycles. The molecule has 0 radical (unpaired) electrons. The van der Waals surface area contributed by atoms with Crippen LogP contribution in [0.15, 0.2) is 12.1 Å². The molecule has 0 amide bonds. The number of nitro benzene ring substituents is 1. The zero-order valence-corrected chi connectivity index (χ0v) is 9.09. The van der Waals surface area contributed by atoms with Crippen LogP contribution in [0.4, 0.5) is 5.69 Å². The van der Waals surface area contributed by atoms with E-state index in [0.29, 0.717) is 10.6 Å². The highest BCUT2D eigenvalue weighted by Crippen LogP contribution is 2.27. The van der Waals surface area contributed by atoms with Gasteiger partial charge in [-0.1, -0.05) is 11.6 Å². The van der Waals surface area contributed by atoms with E-state index in [1.807, 2.05) is 22.6 Å². The van der Waals surface area contributed by atoms with Crippen molar-refractivity contribution < 1.29 is 4.92 Å². The Morgan fingerprint density at radius 3 is 2.67 bits per heavy atom. The van der Waals surface area contributed by atoms with Crippen LogP contribution < -0.4 is 0 Å². The van der Waals surface area contributed by atoms with Crippen molar-refractivity contribution in [1.82, 2.24) is 0 Å². The zero-order valence-electron chi connectivity index (χ0n) is 6.17. The van der Waals surface area contributed by atoms with Crippen molar-refractivity contribution in [2.45, 2.75) is 6.92 Å². The highest BCUT2D eigenvalue weighted by molar-refractivity contribution is 14.1. The molecule has 0 aliphatic heterocycles. The third kappa shape index (κ3) is 1.87. The van der Waals surface area contributed by atoms with Gasteiger partial charge in [-0.05, 0) is 35.6 Å². The lowest BCUT2D eigenvalue weighted by Gasteiger charge is -1.99. The van der Waals surface area contributed by atoms with Gasteiger partial charge in [0, 0.05) is 20.2 Å². The maximum absolute atomic E-state index is 10.5. The summed E-state index contributed by atoms with van der Waals surface area (Å²) in [5.74, 6) is 0. The van der Waals surface area contributed by atoms with Crippen molar-refractivity contribution >= 4 is 39.9 Å². The number of halogens is 2. The third-order valence-corrected chi connectivity index (χ3v) is 2.82. The molecular formula is C7H5ClINO2. The van der Waals surface area contributed by atoms with Crippen LogP contribution in [0, 0.1) is 20.6 Å². The third-order valence-electron chi connectivity index (χ3n) is 1.48. The molecule has 0 fully saturated rings. The first kappa shape index (κ1) is 9.73. The minimum atomic E-state index is -0.427. The van der Waals surface area contributed by atoms with E-state index >= 15 is 0 Å². The second kappa shape index (κ2) is 3.57. The Morgan fingerprint density at radius 1 is 1.58 bits per heavy atom. The fourth-order valence-electron chi connectivity index (χ4n) is 0.822. The van der Waals surface area contributed by atoms with Crippen molar-refractivity contribution in [1.29, 1.82) is 0 Å². The van der Waals surface area contributed by atoms with Gasteiger partial charge >= 0.3 is 0 Å². The van der Waals surface area contributed by atoms with Crippen molar-refractivity contribution in [3.05, 3.63) is 36.4 Å². The molecule has 0 saturated heterocycles. The second-order valence-corrected chi connectivity index (χ2v) is 3.89. The number of nitro groups is 1. The first-order valence-corrected chi connectivity index (χ1v) is 4.58. The van der Waals surface area contributed by atoms with E-state index in [1.54, 1.807) is 13.0 Å². The molecule has 0 aliphatic rings. The van der Waals surface area contributed by atoms with Gasteiger partial charge in [0.05, 0.1) is 4.92 Å². The molecule has 1 aromatic carbocycles. The Kier molecular flexibility index (Phi) is 2.89. The molecule has 0 aromatic heterocycles. The Bertz CT molecular complexity index is 340. The normalized spacial score (nSPS) is 9.92. The lowest BCUT2D eigenvalue weighted by molar-refractivity contribution is -0.385. The van der Waals surface area contributed by atoms with Gasteiger partial charge in [-0.3, -0.25) is 10.1 Å². The average molecular weight is 297 g/mol. The topological polar surface area (TPSA) is 43.1 Å². The summed E-state index contributed by atoms with van der Waals surface area (Å²) < 4.78 is 0.812. The Balaban J connectivity index is 3.37. The quantitative estimate of drug-likeness (QED) is 0.454. The van der Waals surface area contributed by atoms with Crippen molar-refractivity contribution in [3.8, 4) is 0 Å². The van der Waals surface area contributed by atoms with Gasteiger partial charge in [-0.15, -0.1) is 0 Å². The molecule has 0 heterocycles. The number of rotatable bonds is 1. The van der Waals surface area contributed by atoms with Gasteiger partial charge in [0.1, 0.15) is 0 Å². The van der Waals surface area contributed by atoms with E-state index in [-0.39, 0.29) is 5.69 Å². The molecule has 1 rings (SSSR count). The fraction of sp³-hybridized carbons (Fsp3) is 0.143. The van der Waals surface area contributed by atoms with Crippen LogP contribution >= 0.6 is 34.2 Å². The smallest absolute Gasteiger partial charge is 0.258 e. The van der Waals surface area contributed by atoms with Crippen molar-refractivity contribution in [2.75, 3.05) is 0 Å². The van der Waals surface area contributed by atoms with E-state index in [4.69, 9.17) is 11.6 Å². The molecular weight excluding hydrogens is 292 g/mol. The van der Waals surface area contributed by atoms with Gasteiger partial charge in [-0.2, -0.15) is 0 Å². The summed E-state index contributed by atoms with van der Waals surface area (Å²) in [4.78, 5) is 10.0. The summed E-state index contributed by atoms with van der Waals surface area (Å²) in [6.07, 6.45) is 0. The minimum absolute atomic E-state index is 0.0758. The van der Waals surface area contributed by atoms with Gasteiger partial charge in [-0.25, -0.2) is 0 Å². The molecule has 0 atom stereocenters. The largest absolute Gasteiger partial charge is 0.274 e. The molecule has 3 nitrogen and oxygen atoms in total. The van der Waals surface area contributed by atoms with Gasteiger partial charge in [0.25, 0.3) is 5.69 Å². The van der Waals surface area contributed by atoms with Gasteiger partial charge < -0.3 is 0 Å². The molecule has 0 N–H and O–H groups in total. The average Bonchev–Trinajstić information content (AvgIpc) is 1.96. The molecule has 5 heteroatoms. The van der Waals surface area contributed by atoms with Crippen LogP contribution in [0.5, 0.6) is 0 Å². The van der Waals surface area contributed by atoms with Crippen LogP contribution in [0.3, 0.4) is 0 Å². The lowest BCUT2D eigenvalue weighted by Crippen LogP contribution is -1.93. The van der Waals surface area contributed by atoms with E-state index in [9.17, 15) is 10.1 Å². The maximum Gasteiger partial charge on any atom is 0.274 e. The monoisotopic (exact) mass is 297 g/mol. The van der Waals surface area contributed by atoms with Gasteiger partial charge in [0.2, 0.25) is 0 Å². The van der Waals surface area contributed by atoms with Crippen LogP contribution in [-0.2, 0) is 0 Å². The van der Waals surface area contributed by atoms with E-state index < -0.39 is 4.92 Å². The highest BCUT2D eigenvalue weighted by atomic mass is 127. The fourth-order valence-corrected chi connectivity index (χ4v) is 1.83. The number of hydrogen-bond acceptors (Lipinski definition) is 2. The van der Waals surface area contributed by atoms with Crippen LogP contribution in [0.2, 0.25) is 5.02 Å². The zero-order chi connectivity index (χ0) is 9.30. The van der Waals surface area contributed by atoms with Crippen LogP contribution in [0.1, 0.15) is 5.56 Å². The summed E-state index contributed by atoms with van der Waals surface area (Å²) in [5, 5.41) is 10.9. The Hall–Kier alpha value is -0.360. The lowest BCUT2D eigenvalue weighted by atomic mass is 10.2. The molecule has 0 unspecified atom stereocenters. The molecule has 1 aromatic rings. The molecule has 0 bridgehead atoms. The predicted molar refractivity (Wildman–Crippen MR) is 55.6 cm³/mol. The van der Waals surface area contributed by atoms with E-state index in [0.717, 1.165) is 3.57 Å². The molecule has 12 heavy (non-hydrogen) atoms. The van der Waals surface area contributed by atoms with E-state index in [2.05, 4.69) is 0 Å². The first-order chi connectivity index (χ1) is 5.52. The van der Waals surface area contributed by atoms with Crippen molar-refractivity contribution in [3.63, 3.8) is 0 Å². The van der Waals surface area contributed by atoms with Crippen molar-refractivity contribution in [2.24, 2.45) is 0 Å². The first-order valence-electron chi connectivity index (χ1n) is 3.12. The predicted octanol–water partition coefficient (Wildman–Crippen LogP) is 3.16. The SMILES string of the molecule is Cc1c(I)cc(Cl)cc1[N+](=O)[O-]. The molecule has 0 aliphatic carbocycles. The van der Waals surface area contributed by atoms with Crippen LogP contribution in [0.25, 0.3) is 0 Å². The highest BCUT2D eigenvalue weighted by Gasteiger charge is 2.13. The van der Waals surface area contributed by atoms with Crippen LogP contribution in [-0.4, -0.2) is 4.92 Å².